The van der Waals surface area contributed by atoms with E-state index in [1.54, 1.807) is 6.07 Å². The lowest BCUT2D eigenvalue weighted by Crippen LogP contribution is -2.42. The zero-order chi connectivity index (χ0) is 13.9. The van der Waals surface area contributed by atoms with Gasteiger partial charge in [0.05, 0.1) is 10.3 Å². The van der Waals surface area contributed by atoms with Crippen LogP contribution in [0.5, 0.6) is 0 Å². The van der Waals surface area contributed by atoms with E-state index in [0.717, 1.165) is 34.6 Å². The monoisotopic (exact) mass is 367 g/mol. The average Bonchev–Trinajstić information content (AvgIpc) is 2.98. The maximum Gasteiger partial charge on any atom is 0.250 e. The van der Waals surface area contributed by atoms with Crippen LogP contribution in [0.25, 0.3) is 0 Å². The van der Waals surface area contributed by atoms with Gasteiger partial charge >= 0.3 is 0 Å². The highest BCUT2D eigenvalue weighted by Gasteiger charge is 2.20. The number of amides is 1. The number of halogens is 1. The Balaban J connectivity index is 1.85. The second-order valence-corrected chi connectivity index (χ2v) is 8.60. The number of hydrogen-bond donors (Lipinski definition) is 3. The summed E-state index contributed by atoms with van der Waals surface area (Å²) >= 11 is 4.31. The summed E-state index contributed by atoms with van der Waals surface area (Å²) in [5.41, 5.74) is 0. The zero-order valence-corrected chi connectivity index (χ0v) is 13.2. The smallest absolute Gasteiger partial charge is 0.250 e. The molecule has 0 spiro atoms. The number of nitrogens with one attached hydrogen (secondary N) is 3. The Hall–Kier alpha value is -0.480. The van der Waals surface area contributed by atoms with E-state index in [1.165, 1.54) is 6.07 Å². The van der Waals surface area contributed by atoms with Crippen LogP contribution >= 0.6 is 27.3 Å². The van der Waals surface area contributed by atoms with Crippen LogP contribution in [0.4, 0.5) is 0 Å². The summed E-state index contributed by atoms with van der Waals surface area (Å²) in [6.45, 7) is 1.37. The third kappa shape index (κ3) is 4.25. The van der Waals surface area contributed by atoms with Crippen molar-refractivity contribution >= 4 is 43.2 Å². The van der Waals surface area contributed by atoms with Crippen molar-refractivity contribution in [1.82, 2.24) is 15.4 Å². The fourth-order valence-corrected chi connectivity index (χ4v) is 4.77. The van der Waals surface area contributed by atoms with E-state index in [2.05, 4.69) is 31.3 Å². The molecule has 2 heterocycles. The van der Waals surface area contributed by atoms with Crippen molar-refractivity contribution in [3.8, 4) is 0 Å². The van der Waals surface area contributed by atoms with E-state index in [-0.39, 0.29) is 22.7 Å². The van der Waals surface area contributed by atoms with Gasteiger partial charge in [-0.2, -0.15) is 0 Å². The minimum absolute atomic E-state index is 0.0906. The summed E-state index contributed by atoms with van der Waals surface area (Å²) in [5, 5.41) is 5.90. The first kappa shape index (κ1) is 14.9. The first-order valence-electron chi connectivity index (χ1n) is 5.72. The highest BCUT2D eigenvalue weighted by molar-refractivity contribution is 9.11. The lowest BCUT2D eigenvalue weighted by atomic mass is 10.2. The molecule has 19 heavy (non-hydrogen) atoms. The molecule has 0 bridgehead atoms. The topological polar surface area (TPSA) is 87.3 Å². The van der Waals surface area contributed by atoms with E-state index in [0.29, 0.717) is 0 Å². The Bertz CT molecular complexity index is 552. The van der Waals surface area contributed by atoms with Gasteiger partial charge in [-0.05, 0) is 41.0 Å². The summed E-state index contributed by atoms with van der Waals surface area (Å²) in [4.78, 5) is 11.6. The predicted molar refractivity (Wildman–Crippen MR) is 76.6 cm³/mol. The van der Waals surface area contributed by atoms with Crippen molar-refractivity contribution in [2.75, 3.05) is 19.6 Å². The molecule has 0 aliphatic carbocycles. The SMILES string of the molecule is O=C(CNS(=O)(=O)c1ccc(Br)s1)NC1CCNC1. The molecule has 1 aromatic heterocycles. The third-order valence-corrected chi connectivity index (χ3v) is 6.18. The van der Waals surface area contributed by atoms with Gasteiger partial charge in [0, 0.05) is 12.6 Å². The van der Waals surface area contributed by atoms with Crippen LogP contribution in [-0.4, -0.2) is 40.0 Å². The van der Waals surface area contributed by atoms with Gasteiger partial charge in [-0.15, -0.1) is 11.3 Å². The number of rotatable bonds is 5. The van der Waals surface area contributed by atoms with Gasteiger partial charge in [0.2, 0.25) is 5.91 Å². The first-order valence-corrected chi connectivity index (χ1v) is 8.82. The fraction of sp³-hybridized carbons (Fsp3) is 0.500. The number of carbonyl (C=O) groups excluding carboxylic acids is 1. The Morgan fingerprint density at radius 3 is 2.89 bits per heavy atom. The van der Waals surface area contributed by atoms with Gasteiger partial charge < -0.3 is 10.6 Å². The predicted octanol–water partition coefficient (Wildman–Crippen LogP) is 0.267. The molecule has 0 saturated carbocycles. The Morgan fingerprint density at radius 2 is 2.32 bits per heavy atom. The zero-order valence-electron chi connectivity index (χ0n) is 9.98. The molecule has 1 atom stereocenters. The van der Waals surface area contributed by atoms with Crippen LogP contribution < -0.4 is 15.4 Å². The lowest BCUT2D eigenvalue weighted by molar-refractivity contribution is -0.120. The van der Waals surface area contributed by atoms with Crippen molar-refractivity contribution in [2.24, 2.45) is 0 Å². The van der Waals surface area contributed by atoms with E-state index in [9.17, 15) is 13.2 Å². The van der Waals surface area contributed by atoms with Gasteiger partial charge in [0.1, 0.15) is 4.21 Å². The number of sulfonamides is 1. The van der Waals surface area contributed by atoms with E-state index < -0.39 is 10.0 Å². The molecule has 0 aromatic carbocycles. The van der Waals surface area contributed by atoms with Crippen LogP contribution in [0, 0.1) is 0 Å². The molecule has 1 aromatic rings. The molecule has 6 nitrogen and oxygen atoms in total. The number of thiophene rings is 1. The van der Waals surface area contributed by atoms with Crippen LogP contribution in [0.2, 0.25) is 0 Å². The van der Waals surface area contributed by atoms with E-state index in [4.69, 9.17) is 0 Å². The van der Waals surface area contributed by atoms with Crippen LogP contribution in [0.15, 0.2) is 20.1 Å². The summed E-state index contributed by atoms with van der Waals surface area (Å²) in [5.74, 6) is -0.312. The van der Waals surface area contributed by atoms with Gasteiger partial charge in [0.25, 0.3) is 10.0 Å². The number of hydrogen-bond acceptors (Lipinski definition) is 5. The molecule has 1 aliphatic rings. The Morgan fingerprint density at radius 1 is 1.53 bits per heavy atom. The molecule has 9 heteroatoms. The molecule has 0 radical (unpaired) electrons. The maximum absolute atomic E-state index is 11.9. The second-order valence-electron chi connectivity index (χ2n) is 4.14. The van der Waals surface area contributed by atoms with Crippen LogP contribution in [0.3, 0.4) is 0 Å². The molecule has 1 aliphatic heterocycles. The maximum atomic E-state index is 11.9. The third-order valence-electron chi connectivity index (χ3n) is 2.66. The minimum atomic E-state index is -3.61. The summed E-state index contributed by atoms with van der Waals surface area (Å²) < 4.78 is 27.0. The van der Waals surface area contributed by atoms with Gasteiger partial charge in [0.15, 0.2) is 0 Å². The minimum Gasteiger partial charge on any atom is -0.351 e. The van der Waals surface area contributed by atoms with Gasteiger partial charge in [-0.1, -0.05) is 0 Å². The Labute approximate surface area is 124 Å². The van der Waals surface area contributed by atoms with E-state index in [1.807, 2.05) is 0 Å². The fourth-order valence-electron chi connectivity index (χ4n) is 1.73. The molecule has 1 saturated heterocycles. The first-order chi connectivity index (χ1) is 8.97. The standard InChI is InChI=1S/C10H14BrN3O3S2/c11-8-1-2-10(18-8)19(16,17)13-6-9(15)14-7-3-4-12-5-7/h1-2,7,12-13H,3-6H2,(H,14,15). The molecular formula is C10H14BrN3O3S2. The van der Waals surface area contributed by atoms with Crippen molar-refractivity contribution in [2.45, 2.75) is 16.7 Å². The molecule has 3 N–H and O–H groups in total. The molecular weight excluding hydrogens is 354 g/mol. The van der Waals surface area contributed by atoms with Crippen molar-refractivity contribution in [3.63, 3.8) is 0 Å². The van der Waals surface area contributed by atoms with Crippen LogP contribution in [0.1, 0.15) is 6.42 Å². The molecule has 1 fully saturated rings. The highest BCUT2D eigenvalue weighted by Crippen LogP contribution is 2.25. The van der Waals surface area contributed by atoms with E-state index >= 15 is 0 Å². The van der Waals surface area contributed by atoms with Gasteiger partial charge in [-0.25, -0.2) is 13.1 Å². The second kappa shape index (κ2) is 6.31. The van der Waals surface area contributed by atoms with Gasteiger partial charge in [-0.3, -0.25) is 4.79 Å². The summed E-state index contributed by atoms with van der Waals surface area (Å²) in [7, 11) is -3.61. The highest BCUT2D eigenvalue weighted by atomic mass is 79.9. The van der Waals surface area contributed by atoms with Crippen molar-refractivity contribution < 1.29 is 13.2 Å². The van der Waals surface area contributed by atoms with Crippen molar-refractivity contribution in [3.05, 3.63) is 15.9 Å². The Kier molecular flexibility index (Phi) is 4.96. The largest absolute Gasteiger partial charge is 0.351 e. The average molecular weight is 368 g/mol. The quantitative estimate of drug-likeness (QED) is 0.696. The molecule has 2 rings (SSSR count). The van der Waals surface area contributed by atoms with Crippen LogP contribution in [-0.2, 0) is 14.8 Å². The molecule has 106 valence electrons. The van der Waals surface area contributed by atoms with Crippen molar-refractivity contribution in [1.29, 1.82) is 0 Å². The summed E-state index contributed by atoms with van der Waals surface area (Å²) in [6.07, 6.45) is 0.871. The molecule has 1 amide bonds. The summed E-state index contributed by atoms with van der Waals surface area (Å²) in [6, 6.07) is 3.24. The molecule has 1 unspecified atom stereocenters. The lowest BCUT2D eigenvalue weighted by Gasteiger charge is -2.11. The number of carbonyl (C=O) groups is 1. The normalized spacial score (nSPS) is 19.5.